The van der Waals surface area contributed by atoms with Crippen LogP contribution < -0.4 is 10.1 Å². The van der Waals surface area contributed by atoms with Crippen LogP contribution in [0, 0.1) is 10.1 Å². The number of nitrogens with zero attached hydrogens (tertiary/aromatic N) is 1. The molecule has 0 aliphatic carbocycles. The summed E-state index contributed by atoms with van der Waals surface area (Å²) in [5.74, 6) is 0.0508. The number of fused-ring (bicyclic) bond motifs is 1. The zero-order valence-electron chi connectivity index (χ0n) is 10.6. The molecule has 7 heteroatoms. The maximum absolute atomic E-state index is 12.1. The van der Waals surface area contributed by atoms with E-state index in [1.807, 2.05) is 0 Å². The zero-order chi connectivity index (χ0) is 15.0. The summed E-state index contributed by atoms with van der Waals surface area (Å²) in [4.78, 5) is 22.4. The van der Waals surface area contributed by atoms with Crippen molar-refractivity contribution in [3.05, 3.63) is 68.7 Å². The van der Waals surface area contributed by atoms with Gasteiger partial charge in [0.25, 0.3) is 11.6 Å². The first-order chi connectivity index (χ1) is 10.0. The summed E-state index contributed by atoms with van der Waals surface area (Å²) in [5, 5.41) is 13.9. The molecule has 1 N–H and O–H groups in total. The lowest BCUT2D eigenvalue weighted by Crippen LogP contribution is -2.36. The fourth-order valence-electron chi connectivity index (χ4n) is 2.09. The summed E-state index contributed by atoms with van der Waals surface area (Å²) < 4.78 is 5.66. The average molecular weight is 305 g/mol. The zero-order valence-corrected chi connectivity index (χ0v) is 11.3. The number of hydrogen-bond acceptors (Lipinski definition) is 4. The minimum atomic E-state index is -0.772. The second-order valence-electron chi connectivity index (χ2n) is 4.46. The lowest BCUT2D eigenvalue weighted by molar-refractivity contribution is -0.385. The number of halogens is 1. The van der Waals surface area contributed by atoms with E-state index in [9.17, 15) is 14.9 Å². The molecule has 0 bridgehead atoms. The number of nitro groups is 1. The molecule has 1 amide bonds. The van der Waals surface area contributed by atoms with Crippen molar-refractivity contribution in [1.29, 1.82) is 0 Å². The molecule has 0 spiro atoms. The molecule has 1 aliphatic rings. The quantitative estimate of drug-likeness (QED) is 0.683. The summed E-state index contributed by atoms with van der Waals surface area (Å²) >= 11 is 5.84. The van der Waals surface area contributed by atoms with Crippen molar-refractivity contribution in [2.24, 2.45) is 0 Å². The van der Waals surface area contributed by atoms with Gasteiger partial charge in [-0.15, -0.1) is 0 Å². The van der Waals surface area contributed by atoms with Crippen molar-refractivity contribution in [1.82, 2.24) is 5.32 Å². The molecule has 21 heavy (non-hydrogen) atoms. The Hall–Kier alpha value is -2.60. The Morgan fingerprint density at radius 3 is 2.81 bits per heavy atom. The third-order valence-corrected chi connectivity index (χ3v) is 3.31. The minimum Gasteiger partial charge on any atom is -0.466 e. The number of benzene rings is 2. The van der Waals surface area contributed by atoms with Crippen LogP contribution in [0.2, 0.25) is 5.02 Å². The third-order valence-electron chi connectivity index (χ3n) is 3.08. The average Bonchev–Trinajstić information content (AvgIpc) is 2.48. The molecular weight excluding hydrogens is 296 g/mol. The molecule has 6 nitrogen and oxygen atoms in total. The highest BCUT2D eigenvalue weighted by molar-refractivity contribution is 6.31. The van der Waals surface area contributed by atoms with Crippen molar-refractivity contribution < 1.29 is 14.5 Å². The maximum atomic E-state index is 12.1. The highest BCUT2D eigenvalue weighted by Crippen LogP contribution is 2.31. The van der Waals surface area contributed by atoms with Gasteiger partial charge in [0.1, 0.15) is 5.75 Å². The number of amides is 1. The van der Waals surface area contributed by atoms with Crippen molar-refractivity contribution in [2.45, 2.75) is 6.23 Å². The topological polar surface area (TPSA) is 81.5 Å². The van der Waals surface area contributed by atoms with E-state index >= 15 is 0 Å². The smallest absolute Gasteiger partial charge is 0.269 e. The van der Waals surface area contributed by atoms with Crippen molar-refractivity contribution >= 4 is 23.2 Å². The van der Waals surface area contributed by atoms with Crippen LogP contribution in [-0.4, -0.2) is 10.8 Å². The fraction of sp³-hybridized carbons (Fsp3) is 0.0714. The second kappa shape index (κ2) is 5.06. The van der Waals surface area contributed by atoms with E-state index in [1.54, 1.807) is 24.3 Å². The van der Waals surface area contributed by atoms with Gasteiger partial charge in [-0.25, -0.2) is 0 Å². The predicted octanol–water partition coefficient (Wildman–Crippen LogP) is 3.07. The highest BCUT2D eigenvalue weighted by atomic mass is 35.5. The summed E-state index contributed by atoms with van der Waals surface area (Å²) in [6.45, 7) is 0. The molecule has 1 unspecified atom stereocenters. The monoisotopic (exact) mass is 304 g/mol. The van der Waals surface area contributed by atoms with Gasteiger partial charge in [-0.2, -0.15) is 0 Å². The van der Waals surface area contributed by atoms with Crippen LogP contribution in [0.3, 0.4) is 0 Å². The van der Waals surface area contributed by atoms with Crippen molar-refractivity contribution in [2.75, 3.05) is 0 Å². The van der Waals surface area contributed by atoms with E-state index in [0.29, 0.717) is 21.9 Å². The summed E-state index contributed by atoms with van der Waals surface area (Å²) in [5.41, 5.74) is 0.773. The van der Waals surface area contributed by atoms with Gasteiger partial charge in [0.05, 0.1) is 10.5 Å². The maximum Gasteiger partial charge on any atom is 0.269 e. The van der Waals surface area contributed by atoms with Crippen LogP contribution in [-0.2, 0) is 0 Å². The minimum absolute atomic E-state index is 0.0627. The number of ether oxygens (including phenoxy) is 1. The van der Waals surface area contributed by atoms with Gasteiger partial charge >= 0.3 is 0 Å². The third kappa shape index (κ3) is 2.53. The molecular formula is C14H9ClN2O4. The van der Waals surface area contributed by atoms with Crippen molar-refractivity contribution in [3.8, 4) is 5.75 Å². The Balaban J connectivity index is 1.96. The van der Waals surface area contributed by atoms with E-state index in [0.717, 1.165) is 0 Å². The van der Waals surface area contributed by atoms with Crippen LogP contribution in [0.1, 0.15) is 22.1 Å². The first-order valence-corrected chi connectivity index (χ1v) is 6.44. The Bertz CT molecular complexity index is 748. The number of carbonyl (C=O) groups is 1. The molecule has 2 aromatic carbocycles. The molecule has 0 radical (unpaired) electrons. The molecule has 1 heterocycles. The molecule has 0 aromatic heterocycles. The van der Waals surface area contributed by atoms with E-state index in [-0.39, 0.29) is 11.6 Å². The van der Waals surface area contributed by atoms with Crippen LogP contribution in [0.5, 0.6) is 5.75 Å². The number of nitrogens with one attached hydrogen (secondary N) is 1. The Morgan fingerprint density at radius 1 is 1.24 bits per heavy atom. The van der Waals surface area contributed by atoms with Gasteiger partial charge in [0.15, 0.2) is 6.23 Å². The normalized spacial score (nSPS) is 16.6. The van der Waals surface area contributed by atoms with Crippen LogP contribution >= 0.6 is 11.6 Å². The van der Waals surface area contributed by atoms with E-state index in [4.69, 9.17) is 16.3 Å². The Morgan fingerprint density at radius 2 is 2.05 bits per heavy atom. The standard InChI is InChI=1S/C14H9ClN2O4/c15-9-4-5-12-11(7-9)13(18)16-14(21-12)8-2-1-3-10(6-8)17(19)20/h1-7,14H,(H,16,18). The first-order valence-electron chi connectivity index (χ1n) is 6.06. The molecule has 3 rings (SSSR count). The number of carbonyl (C=O) groups excluding carboxylic acids is 1. The van der Waals surface area contributed by atoms with Crippen LogP contribution in [0.4, 0.5) is 5.69 Å². The fourth-order valence-corrected chi connectivity index (χ4v) is 2.26. The van der Waals surface area contributed by atoms with Crippen LogP contribution in [0.15, 0.2) is 42.5 Å². The van der Waals surface area contributed by atoms with E-state index in [1.165, 1.54) is 18.2 Å². The van der Waals surface area contributed by atoms with E-state index in [2.05, 4.69) is 5.32 Å². The molecule has 0 saturated heterocycles. The SMILES string of the molecule is O=C1NC(c2cccc([N+](=O)[O-])c2)Oc2ccc(Cl)cc21. The van der Waals surface area contributed by atoms with E-state index < -0.39 is 11.2 Å². The van der Waals surface area contributed by atoms with Gasteiger partial charge in [-0.3, -0.25) is 14.9 Å². The Kier molecular flexibility index (Phi) is 3.23. The highest BCUT2D eigenvalue weighted by Gasteiger charge is 2.27. The van der Waals surface area contributed by atoms with Gasteiger partial charge < -0.3 is 10.1 Å². The summed E-state index contributed by atoms with van der Waals surface area (Å²) in [7, 11) is 0. The van der Waals surface area contributed by atoms with Crippen LogP contribution in [0.25, 0.3) is 0 Å². The van der Waals surface area contributed by atoms with Gasteiger partial charge in [0, 0.05) is 22.7 Å². The van der Waals surface area contributed by atoms with Gasteiger partial charge in [0.2, 0.25) is 0 Å². The molecule has 0 saturated carbocycles. The summed E-state index contributed by atoms with van der Waals surface area (Å²) in [6, 6.07) is 10.7. The lowest BCUT2D eigenvalue weighted by atomic mass is 10.1. The second-order valence-corrected chi connectivity index (χ2v) is 4.90. The number of nitro benzene ring substituents is 1. The first kappa shape index (κ1) is 13.4. The Labute approximate surface area is 124 Å². The van der Waals surface area contributed by atoms with Gasteiger partial charge in [-0.05, 0) is 18.2 Å². The lowest BCUT2D eigenvalue weighted by Gasteiger charge is -2.27. The number of rotatable bonds is 2. The molecule has 1 aliphatic heterocycles. The summed E-state index contributed by atoms with van der Waals surface area (Å²) in [6.07, 6.45) is -0.772. The van der Waals surface area contributed by atoms with Gasteiger partial charge in [-0.1, -0.05) is 23.7 Å². The number of non-ortho nitro benzene ring substituents is 1. The molecule has 2 aromatic rings. The number of hydrogen-bond donors (Lipinski definition) is 1. The largest absolute Gasteiger partial charge is 0.466 e. The van der Waals surface area contributed by atoms with Crippen molar-refractivity contribution in [3.63, 3.8) is 0 Å². The predicted molar refractivity (Wildman–Crippen MR) is 75.4 cm³/mol. The molecule has 106 valence electrons. The molecule has 0 fully saturated rings. The molecule has 1 atom stereocenters.